The van der Waals surface area contributed by atoms with E-state index in [-0.39, 0.29) is 5.91 Å². The monoisotopic (exact) mass is 336 g/mol. The van der Waals surface area contributed by atoms with Gasteiger partial charge in [-0.25, -0.2) is 4.98 Å². The van der Waals surface area contributed by atoms with Crippen LogP contribution in [0.25, 0.3) is 16.3 Å². The van der Waals surface area contributed by atoms with E-state index in [1.165, 1.54) is 35.8 Å². The molecule has 4 heteroatoms. The number of carbonyl (C=O) groups excluding carboxylic acids is 1. The number of hydrogen-bond acceptors (Lipinski definition) is 3. The number of unbranched alkanes of at least 4 members (excludes halogenated alkanes) is 1. The van der Waals surface area contributed by atoms with E-state index >= 15 is 0 Å². The molecule has 1 amide bonds. The fraction of sp³-hybridized carbons (Fsp3) is 0.200. The summed E-state index contributed by atoms with van der Waals surface area (Å²) in [6.07, 6.45) is 6.80. The van der Waals surface area contributed by atoms with E-state index in [0.29, 0.717) is 5.13 Å². The van der Waals surface area contributed by atoms with Crippen LogP contribution in [0, 0.1) is 0 Å². The number of nitrogens with zero attached hydrogens (tertiary/aromatic N) is 1. The summed E-state index contributed by atoms with van der Waals surface area (Å²) >= 11 is 1.52. The first-order valence-corrected chi connectivity index (χ1v) is 9.00. The molecule has 0 unspecified atom stereocenters. The Balaban J connectivity index is 1.68. The quantitative estimate of drug-likeness (QED) is 0.621. The van der Waals surface area contributed by atoms with E-state index in [1.54, 1.807) is 6.08 Å². The molecule has 3 aromatic rings. The number of thiazole rings is 1. The summed E-state index contributed by atoms with van der Waals surface area (Å²) in [5.41, 5.74) is 3.26. The van der Waals surface area contributed by atoms with E-state index < -0.39 is 0 Å². The molecular formula is C20H20N2OS. The van der Waals surface area contributed by atoms with Crippen molar-refractivity contribution in [1.29, 1.82) is 0 Å². The minimum Gasteiger partial charge on any atom is -0.298 e. The molecular weight excluding hydrogens is 316 g/mol. The van der Waals surface area contributed by atoms with Gasteiger partial charge in [-0.2, -0.15) is 0 Å². The van der Waals surface area contributed by atoms with E-state index in [4.69, 9.17) is 0 Å². The van der Waals surface area contributed by atoms with Gasteiger partial charge in [0, 0.05) is 6.08 Å². The molecule has 1 aromatic heterocycles. The van der Waals surface area contributed by atoms with Gasteiger partial charge in [0.05, 0.1) is 10.2 Å². The molecule has 0 aliphatic heterocycles. The highest BCUT2D eigenvalue weighted by Crippen LogP contribution is 2.27. The van der Waals surface area contributed by atoms with Gasteiger partial charge in [-0.05, 0) is 42.2 Å². The van der Waals surface area contributed by atoms with E-state index in [9.17, 15) is 4.79 Å². The second kappa shape index (κ2) is 7.88. The largest absolute Gasteiger partial charge is 0.298 e. The van der Waals surface area contributed by atoms with Crippen LogP contribution in [0.15, 0.2) is 54.6 Å². The average molecular weight is 336 g/mol. The smallest absolute Gasteiger partial charge is 0.250 e. The summed E-state index contributed by atoms with van der Waals surface area (Å²) in [5, 5.41) is 3.49. The van der Waals surface area contributed by atoms with Gasteiger partial charge in [0.2, 0.25) is 5.91 Å². The van der Waals surface area contributed by atoms with Crippen molar-refractivity contribution in [2.24, 2.45) is 0 Å². The van der Waals surface area contributed by atoms with Crippen molar-refractivity contribution in [3.05, 3.63) is 65.7 Å². The average Bonchev–Trinajstić information content (AvgIpc) is 3.00. The fourth-order valence-corrected chi connectivity index (χ4v) is 3.37. The molecule has 0 aliphatic carbocycles. The lowest BCUT2D eigenvalue weighted by Gasteiger charge is -1.98. The molecule has 0 saturated carbocycles. The summed E-state index contributed by atoms with van der Waals surface area (Å²) in [7, 11) is 0. The zero-order valence-electron chi connectivity index (χ0n) is 13.7. The highest BCUT2D eigenvalue weighted by atomic mass is 32.1. The predicted molar refractivity (Wildman–Crippen MR) is 102 cm³/mol. The molecule has 3 rings (SSSR count). The number of anilines is 1. The Kier molecular flexibility index (Phi) is 5.39. The van der Waals surface area contributed by atoms with Crippen LogP contribution in [0.4, 0.5) is 5.13 Å². The number of aromatic nitrogens is 1. The van der Waals surface area contributed by atoms with Crippen LogP contribution in [0.5, 0.6) is 0 Å². The number of benzene rings is 2. The van der Waals surface area contributed by atoms with Crippen LogP contribution < -0.4 is 5.32 Å². The van der Waals surface area contributed by atoms with Crippen LogP contribution in [-0.4, -0.2) is 10.9 Å². The second-order valence-corrected chi connectivity index (χ2v) is 6.69. The Morgan fingerprint density at radius 2 is 2.04 bits per heavy atom. The van der Waals surface area contributed by atoms with Gasteiger partial charge in [0.1, 0.15) is 0 Å². The van der Waals surface area contributed by atoms with Crippen LogP contribution >= 0.6 is 11.3 Å². The molecule has 24 heavy (non-hydrogen) atoms. The first-order chi connectivity index (χ1) is 11.7. The zero-order chi connectivity index (χ0) is 16.8. The summed E-state index contributed by atoms with van der Waals surface area (Å²) in [6.45, 7) is 2.20. The lowest BCUT2D eigenvalue weighted by molar-refractivity contribution is -0.111. The molecule has 0 bridgehead atoms. The Labute approximate surface area is 146 Å². The summed E-state index contributed by atoms with van der Waals surface area (Å²) in [4.78, 5) is 16.5. The third-order valence-corrected chi connectivity index (χ3v) is 4.66. The third kappa shape index (κ3) is 4.30. The molecule has 122 valence electrons. The van der Waals surface area contributed by atoms with E-state index in [2.05, 4.69) is 29.4 Å². The van der Waals surface area contributed by atoms with Gasteiger partial charge in [-0.1, -0.05) is 61.1 Å². The Hall–Kier alpha value is -2.46. The van der Waals surface area contributed by atoms with Crippen molar-refractivity contribution in [3.63, 3.8) is 0 Å². The third-order valence-electron chi connectivity index (χ3n) is 3.73. The van der Waals surface area contributed by atoms with Gasteiger partial charge in [-0.3, -0.25) is 10.1 Å². The first-order valence-electron chi connectivity index (χ1n) is 8.18. The van der Waals surface area contributed by atoms with Crippen LogP contribution in [-0.2, 0) is 11.2 Å². The highest BCUT2D eigenvalue weighted by Gasteiger charge is 2.06. The van der Waals surface area contributed by atoms with Crippen molar-refractivity contribution in [2.75, 3.05) is 5.32 Å². The number of aryl methyl sites for hydroxylation is 1. The number of fused-ring (bicyclic) bond motifs is 1. The fourth-order valence-electron chi connectivity index (χ4n) is 2.44. The van der Waals surface area contributed by atoms with Crippen molar-refractivity contribution in [3.8, 4) is 0 Å². The number of nitrogens with one attached hydrogen (secondary N) is 1. The van der Waals surface area contributed by atoms with Crippen molar-refractivity contribution < 1.29 is 4.79 Å². The van der Waals surface area contributed by atoms with Crippen molar-refractivity contribution in [2.45, 2.75) is 26.2 Å². The van der Waals surface area contributed by atoms with Gasteiger partial charge in [-0.15, -0.1) is 0 Å². The molecule has 1 heterocycles. The predicted octanol–water partition coefficient (Wildman–Crippen LogP) is 5.29. The number of carbonyl (C=O) groups is 1. The molecule has 2 aromatic carbocycles. The van der Waals surface area contributed by atoms with E-state index in [0.717, 1.165) is 22.2 Å². The minimum absolute atomic E-state index is 0.163. The molecule has 0 fully saturated rings. The standard InChI is InChI=1S/C20H20N2OS/c1-2-3-7-16-10-12-17-18(14-16)24-20(21-17)22-19(23)13-11-15-8-5-4-6-9-15/h4-6,8-14H,2-3,7H2,1H3,(H,21,22,23)/b13-11+. The Bertz CT molecular complexity index is 852. The van der Waals surface area contributed by atoms with Gasteiger partial charge in [0.15, 0.2) is 5.13 Å². The van der Waals surface area contributed by atoms with Crippen LogP contribution in [0.1, 0.15) is 30.9 Å². The zero-order valence-corrected chi connectivity index (χ0v) is 14.5. The maximum absolute atomic E-state index is 12.0. The number of hydrogen-bond donors (Lipinski definition) is 1. The lowest BCUT2D eigenvalue weighted by atomic mass is 10.1. The Morgan fingerprint density at radius 1 is 1.21 bits per heavy atom. The maximum atomic E-state index is 12.0. The second-order valence-electron chi connectivity index (χ2n) is 5.66. The van der Waals surface area contributed by atoms with Crippen molar-refractivity contribution >= 4 is 38.7 Å². The SMILES string of the molecule is CCCCc1ccc2nc(NC(=O)/C=C/c3ccccc3)sc2c1. The van der Waals surface area contributed by atoms with Crippen molar-refractivity contribution in [1.82, 2.24) is 4.98 Å². The highest BCUT2D eigenvalue weighted by molar-refractivity contribution is 7.22. The molecule has 3 nitrogen and oxygen atoms in total. The molecule has 0 spiro atoms. The summed E-state index contributed by atoms with van der Waals surface area (Å²) in [5.74, 6) is -0.163. The minimum atomic E-state index is -0.163. The molecule has 1 N–H and O–H groups in total. The Morgan fingerprint density at radius 3 is 2.83 bits per heavy atom. The normalized spacial score (nSPS) is 11.2. The maximum Gasteiger partial charge on any atom is 0.250 e. The van der Waals surface area contributed by atoms with E-state index in [1.807, 2.05) is 36.4 Å². The summed E-state index contributed by atoms with van der Waals surface area (Å²) < 4.78 is 1.12. The molecule has 0 atom stereocenters. The molecule has 0 saturated heterocycles. The van der Waals surface area contributed by atoms with Gasteiger partial charge < -0.3 is 0 Å². The van der Waals surface area contributed by atoms with Crippen LogP contribution in [0.3, 0.4) is 0 Å². The van der Waals surface area contributed by atoms with Gasteiger partial charge in [0.25, 0.3) is 0 Å². The number of rotatable bonds is 6. The molecule has 0 aliphatic rings. The van der Waals surface area contributed by atoms with Gasteiger partial charge >= 0.3 is 0 Å². The summed E-state index contributed by atoms with van der Waals surface area (Å²) in [6, 6.07) is 16.1. The lowest BCUT2D eigenvalue weighted by Crippen LogP contribution is -2.07. The van der Waals surface area contributed by atoms with Crippen LogP contribution in [0.2, 0.25) is 0 Å². The number of amides is 1. The topological polar surface area (TPSA) is 42.0 Å². The molecule has 0 radical (unpaired) electrons. The first kappa shape index (κ1) is 16.4.